The summed E-state index contributed by atoms with van der Waals surface area (Å²) in [5.74, 6) is -0.237. The maximum Gasteiger partial charge on any atom is 0.280 e. The van der Waals surface area contributed by atoms with E-state index in [0.717, 1.165) is 144 Å². The van der Waals surface area contributed by atoms with Gasteiger partial charge in [-0.15, -0.1) is 0 Å². The number of hydroxylamine groups is 3. The second-order valence-electron chi connectivity index (χ2n) is 31.7. The van der Waals surface area contributed by atoms with Crippen molar-refractivity contribution in [3.63, 3.8) is 0 Å². The van der Waals surface area contributed by atoms with Crippen LogP contribution in [0.1, 0.15) is 127 Å². The summed E-state index contributed by atoms with van der Waals surface area (Å²) in [5.41, 5.74) is 19.0. The van der Waals surface area contributed by atoms with Crippen LogP contribution in [0.2, 0.25) is 0 Å². The minimum absolute atomic E-state index is 0.0571. The number of alkyl halides is 1. The smallest absolute Gasteiger partial charge is 0.280 e. The van der Waals surface area contributed by atoms with Crippen molar-refractivity contribution in [2.24, 2.45) is 0 Å². The van der Waals surface area contributed by atoms with Crippen molar-refractivity contribution in [2.45, 2.75) is 121 Å². The molecule has 0 bridgehead atoms. The standard InChI is InChI=1S/C31H34N6O4.C30H31FN6O3.C30H32N6O5/c1-3-36-14-6-11-25(18-36)41-24-10-5-9-22(16-24)33-31-32-17-26-28(38)27(30(39)35-40-2)19-37(29(26)34-31)23-13-12-20-7-4-8-21(20)15-23;1-40-35-29(39)26-18-37(24-10-7-20-3-2-4-21(20)15-24)28-25(27(26)38)16-32-30(34-28)33-23-8-5-19(6-9-23)11-13-36-14-12-22(31)17-36;1-35-13-12-30(40,25(37)17-35)20-7-9-21(10-8-20)32-29-31-15-23-26(38)24(28(39)34-41-2)16-36(27(23)33-29)22-11-6-18-4-3-5-19(18)14-22/h5,9-10,12-13,15-17,19,25H,3-4,6-8,11,14,18H2,1-2H3,(H,35,39)(H,32,33,34);5-10,15-16,18,22H,2-4,11-14,17H2,1H3,(H,35,39)(H,32,33,34);6-11,14-16,25,37,40H,3-5,12-13,17H2,1-2H3,(H,34,39)(H,31,32,33)/t;22-;25-,30-/m.11/s1. The molecule has 30 nitrogen and oxygen atoms in total. The number of aryl methyl sites for hydroxylation is 6. The topological polar surface area (TPSA) is 354 Å². The van der Waals surface area contributed by atoms with Crippen LogP contribution in [-0.2, 0) is 65.1 Å². The van der Waals surface area contributed by atoms with Crippen molar-refractivity contribution in [2.75, 3.05) is 96.7 Å². The van der Waals surface area contributed by atoms with Crippen LogP contribution in [0.3, 0.4) is 0 Å². The number of carbonyl (C=O) groups is 3. The second-order valence-corrected chi connectivity index (χ2v) is 31.7. The van der Waals surface area contributed by atoms with Crippen molar-refractivity contribution in [1.29, 1.82) is 0 Å². The largest absolute Gasteiger partial charge is 0.489 e. The molecule has 0 radical (unpaired) electrons. The molecule has 1 unspecified atom stereocenters. The molecule has 3 saturated heterocycles. The molecule has 0 saturated carbocycles. The molecule has 3 aliphatic carbocycles. The third-order valence-electron chi connectivity index (χ3n) is 23.6. The number of hydrogen-bond donors (Lipinski definition) is 8. The lowest BCUT2D eigenvalue weighted by Crippen LogP contribution is -2.52. The second kappa shape index (κ2) is 36.8. The number of hydrogen-bond acceptors (Lipinski definition) is 24. The average Bonchev–Trinajstić information content (AvgIpc) is 0.957. The predicted molar refractivity (Wildman–Crippen MR) is 462 cm³/mol. The monoisotopic (exact) mass is 1650 g/mol. The molecular formula is C91H97FN18O12. The van der Waals surface area contributed by atoms with E-state index in [-0.39, 0.29) is 44.9 Å². The van der Waals surface area contributed by atoms with E-state index in [9.17, 15) is 43.4 Å². The first-order valence-corrected chi connectivity index (χ1v) is 41.4. The highest BCUT2D eigenvalue weighted by Crippen LogP contribution is 2.36. The number of nitrogens with zero attached hydrogens (tertiary/aromatic N) is 12. The number of likely N-dealkylation sites (tertiary alicyclic amines) is 3. The molecule has 3 fully saturated rings. The highest BCUT2D eigenvalue weighted by atomic mass is 19.1. The molecule has 6 aromatic heterocycles. The predicted octanol–water partition coefficient (Wildman–Crippen LogP) is 10.2. The van der Waals surface area contributed by atoms with Gasteiger partial charge in [0, 0.05) is 117 Å². The van der Waals surface area contributed by atoms with Crippen molar-refractivity contribution in [1.82, 2.24) is 74.7 Å². The van der Waals surface area contributed by atoms with Gasteiger partial charge < -0.3 is 54.4 Å². The van der Waals surface area contributed by atoms with Crippen LogP contribution in [0.4, 0.5) is 39.3 Å². The highest BCUT2D eigenvalue weighted by Gasteiger charge is 2.41. The molecule has 18 rings (SSSR count). The van der Waals surface area contributed by atoms with E-state index in [1.165, 1.54) is 97.5 Å². The maximum atomic E-state index is 13.4. The summed E-state index contributed by atoms with van der Waals surface area (Å²) in [7, 11) is 5.87. The molecule has 31 heteroatoms. The Balaban J connectivity index is 0.000000136. The van der Waals surface area contributed by atoms with Crippen LogP contribution in [0.15, 0.2) is 179 Å². The Bertz CT molecular complexity index is 6130. The lowest BCUT2D eigenvalue weighted by molar-refractivity contribution is -0.120. The van der Waals surface area contributed by atoms with Gasteiger partial charge in [-0.25, -0.2) is 35.8 Å². The van der Waals surface area contributed by atoms with Crippen molar-refractivity contribution < 1.29 is 48.2 Å². The Hall–Kier alpha value is -12.6. The number of benzene rings is 6. The van der Waals surface area contributed by atoms with Crippen molar-refractivity contribution in [3.05, 3.63) is 256 Å². The van der Waals surface area contributed by atoms with E-state index in [1.54, 1.807) is 38.0 Å². The Morgan fingerprint density at radius 2 is 0.959 bits per heavy atom. The molecular weight excluding hydrogens is 1560 g/mol. The Morgan fingerprint density at radius 3 is 1.39 bits per heavy atom. The molecule has 6 aromatic carbocycles. The fourth-order valence-electron chi connectivity index (χ4n) is 17.1. The first kappa shape index (κ1) is 83.1. The number of carbonyl (C=O) groups excluding carboxylic acids is 3. The number of halogens is 1. The van der Waals surface area contributed by atoms with E-state index in [1.807, 2.05) is 78.7 Å². The fourth-order valence-corrected chi connectivity index (χ4v) is 17.1. The molecule has 6 aliphatic rings. The third kappa shape index (κ3) is 18.2. The van der Waals surface area contributed by atoms with Crippen LogP contribution in [0, 0.1) is 0 Å². The van der Waals surface area contributed by atoms with Crippen molar-refractivity contribution in [3.8, 4) is 22.8 Å². The summed E-state index contributed by atoms with van der Waals surface area (Å²) < 4.78 is 25.0. The number of aromatic nitrogens is 9. The average molecular weight is 1650 g/mol. The van der Waals surface area contributed by atoms with Gasteiger partial charge in [-0.05, 0) is 227 Å². The number of fused-ring (bicyclic) bond motifs is 6. The molecule has 4 atom stereocenters. The number of nitrogens with one attached hydrogen (secondary N) is 6. The number of likely N-dealkylation sites (N-methyl/N-ethyl adjacent to an activating group) is 2. The number of rotatable bonds is 22. The molecule has 12 aromatic rings. The van der Waals surface area contributed by atoms with Crippen LogP contribution in [-0.4, -0.2) is 185 Å². The SMILES string of the molecule is CCN1CCCC(Oc2cccc(Nc3ncc4c(=O)c(C(=O)NOC)cn(-c5ccc6c(c5)CCC6)c4n3)c2)C1.CONC(=O)c1cn(-c2ccc3c(c2)CCC3)c2nc(Nc3ccc(CCN4CC[C@@H](F)C4)cc3)ncc2c1=O.CONC(=O)c1cn(-c2ccc3c(c2)CCC3)c2nc(Nc3ccc([C@]4(O)CCN(C)C[C@H]4O)cc3)ncc2c1=O. The van der Waals surface area contributed by atoms with Crippen molar-refractivity contribution >= 4 is 85.7 Å². The Morgan fingerprint density at radius 1 is 0.508 bits per heavy atom. The lowest BCUT2D eigenvalue weighted by Gasteiger charge is -2.41. The number of ether oxygens (including phenoxy) is 1. The normalized spacial score (nSPS) is 18.1. The van der Waals surface area contributed by atoms with E-state index < -0.39 is 51.9 Å². The number of aliphatic hydroxyl groups is 2. The van der Waals surface area contributed by atoms with Gasteiger partial charge in [0.25, 0.3) is 17.7 Å². The Kier molecular flexibility index (Phi) is 25.0. The van der Waals surface area contributed by atoms with Crippen LogP contribution < -0.4 is 53.4 Å². The minimum atomic E-state index is -1.32. The molecule has 8 N–H and O–H groups in total. The quantitative estimate of drug-likeness (QED) is 0.0292. The summed E-state index contributed by atoms with van der Waals surface area (Å²) in [5, 5.41) is 32.0. The number of pyridine rings is 3. The third-order valence-corrected chi connectivity index (χ3v) is 23.6. The number of anilines is 6. The fraction of sp³-hybridized carbons (Fsp3) is 0.341. The zero-order valence-electron chi connectivity index (χ0n) is 68.6. The number of piperidine rings is 2. The number of β-amino-alcohol motifs (C(OH)–C–C–N with tert-alkyl or cyclic N) is 1. The van der Waals surface area contributed by atoms with Gasteiger partial charge in [0.2, 0.25) is 34.1 Å². The van der Waals surface area contributed by atoms with E-state index in [4.69, 9.17) is 29.2 Å². The molecule has 0 spiro atoms. The molecule has 630 valence electrons. The number of amides is 3. The Labute approximate surface area is 702 Å². The molecule has 3 amide bonds. The van der Waals surface area contributed by atoms with Crippen LogP contribution in [0.5, 0.6) is 5.75 Å². The van der Waals surface area contributed by atoms with E-state index >= 15 is 0 Å². The van der Waals surface area contributed by atoms with Gasteiger partial charge >= 0.3 is 0 Å². The van der Waals surface area contributed by atoms with E-state index in [2.05, 4.69) is 105 Å². The summed E-state index contributed by atoms with van der Waals surface area (Å²) >= 11 is 0. The summed E-state index contributed by atoms with van der Waals surface area (Å²) in [4.78, 5) is 126. The molecule has 3 aliphatic heterocycles. The summed E-state index contributed by atoms with van der Waals surface area (Å²) in [6.07, 6.45) is 20.8. The first-order valence-electron chi connectivity index (χ1n) is 41.4. The van der Waals surface area contributed by atoms with Crippen LogP contribution >= 0.6 is 0 Å². The molecule has 9 heterocycles. The maximum absolute atomic E-state index is 13.4. The minimum Gasteiger partial charge on any atom is -0.489 e. The lowest BCUT2D eigenvalue weighted by atomic mass is 9.82. The van der Waals surface area contributed by atoms with E-state index in [0.29, 0.717) is 72.6 Å². The van der Waals surface area contributed by atoms with Gasteiger partial charge in [0.05, 0.1) is 43.6 Å². The summed E-state index contributed by atoms with van der Waals surface area (Å²) in [6.45, 7) is 8.49. The number of aliphatic hydroxyl groups excluding tert-OH is 1. The van der Waals surface area contributed by atoms with Gasteiger partial charge in [-0.2, -0.15) is 15.0 Å². The molecule has 122 heavy (non-hydrogen) atoms. The zero-order chi connectivity index (χ0) is 84.7. The first-order chi connectivity index (χ1) is 59.3. The van der Waals surface area contributed by atoms with Gasteiger partial charge in [-0.3, -0.25) is 48.2 Å². The van der Waals surface area contributed by atoms with Gasteiger partial charge in [-0.1, -0.05) is 55.5 Å². The van der Waals surface area contributed by atoms with Crippen LogP contribution in [0.25, 0.3) is 50.2 Å². The summed E-state index contributed by atoms with van der Waals surface area (Å²) in [6, 6.07) is 41.3. The van der Waals surface area contributed by atoms with Gasteiger partial charge in [0.1, 0.15) is 40.3 Å². The zero-order valence-corrected chi connectivity index (χ0v) is 68.6. The highest BCUT2D eigenvalue weighted by molar-refractivity contribution is 5.98. The van der Waals surface area contributed by atoms with Gasteiger partial charge in [0.15, 0.2) is 16.9 Å².